The zero-order chi connectivity index (χ0) is 82.6. The summed E-state index contributed by atoms with van der Waals surface area (Å²) in [6.45, 7) is 3.93. The molecule has 1 aromatic heterocycles. The van der Waals surface area contributed by atoms with Crippen LogP contribution >= 0.6 is 0 Å². The SMILES string of the molecule is CC(C)CCC[C@@H]1CC(=O)N[C@@H](CO)C(=O)N[C@H](CC(N)=O)C(=O)N[C@@H](CO)C(=O)NCC(=O)N(C)[C@H](Cc2ccccc2)C(=O)N[C@@H](CCCCN)C(=O)N[C@H](CCCN)C(=O)N[C@@H](CCC(=O)O)C(=O)N[C@H](CC(N)=O)C(=O)N[C@H](Cc2c[nH]c3ccccc23)C(=O)N[C@H](CCCN)C(=O)N(C)[C@@H](C(C)C)C(=O)O1. The third kappa shape index (κ3) is 30.9. The van der Waals surface area contributed by atoms with Gasteiger partial charge in [0.15, 0.2) is 0 Å². The Kier molecular flexibility index (Phi) is 39.6. The molecule has 0 unspecified atom stereocenters. The summed E-state index contributed by atoms with van der Waals surface area (Å²) in [5.74, 6) is -18.4. The number of carboxylic acids is 1. The van der Waals surface area contributed by atoms with Crippen LogP contribution < -0.4 is 81.8 Å². The van der Waals surface area contributed by atoms with Crippen molar-refractivity contribution in [3.63, 3.8) is 0 Å². The molecule has 1 fully saturated rings. The third-order valence-electron chi connectivity index (χ3n) is 18.5. The van der Waals surface area contributed by atoms with Gasteiger partial charge in [-0.15, -0.1) is 0 Å². The van der Waals surface area contributed by atoms with Crippen molar-refractivity contribution >= 4 is 106 Å². The molecule has 614 valence electrons. The molecular formula is C73H112N18O20. The number of benzene rings is 2. The second kappa shape index (κ2) is 47.4. The lowest BCUT2D eigenvalue weighted by molar-refractivity contribution is -0.162. The fraction of sp³-hybridized carbons (Fsp3) is 0.589. The number of aliphatic hydroxyl groups excluding tert-OH is 2. The number of fused-ring (bicyclic) bond motifs is 1. The van der Waals surface area contributed by atoms with Gasteiger partial charge in [0.25, 0.3) is 0 Å². The summed E-state index contributed by atoms with van der Waals surface area (Å²) in [6.07, 6.45) is -3.10. The Bertz CT molecular complexity index is 3670. The molecular weight excluding hydrogens is 1450 g/mol. The molecule has 38 nitrogen and oxygen atoms in total. The first-order valence-electron chi connectivity index (χ1n) is 37.1. The van der Waals surface area contributed by atoms with Crippen LogP contribution in [0, 0.1) is 11.8 Å². The molecule has 0 bridgehead atoms. The molecule has 111 heavy (non-hydrogen) atoms. The predicted molar refractivity (Wildman–Crippen MR) is 402 cm³/mol. The molecule has 0 aliphatic carbocycles. The number of hydrogen-bond acceptors (Lipinski definition) is 22. The fourth-order valence-electron chi connectivity index (χ4n) is 12.3. The number of aliphatic hydroxyl groups is 2. The van der Waals surface area contributed by atoms with Crippen LogP contribution in [0.2, 0.25) is 0 Å². The van der Waals surface area contributed by atoms with E-state index in [1.807, 2.05) is 13.8 Å². The number of aromatic amines is 1. The Labute approximate surface area is 643 Å². The number of H-pyrrole nitrogens is 1. The molecule has 2 heterocycles. The van der Waals surface area contributed by atoms with Gasteiger partial charge in [-0.3, -0.25) is 71.9 Å². The summed E-state index contributed by atoms with van der Waals surface area (Å²) in [6, 6.07) is -3.61. The number of carboxylic acid groups (broad SMARTS) is 1. The van der Waals surface area contributed by atoms with E-state index >= 15 is 4.79 Å². The van der Waals surface area contributed by atoms with Crippen LogP contribution in [-0.2, 0) is 94.3 Å². The number of unbranched alkanes of at least 4 members (excludes halogenated alkanes) is 1. The van der Waals surface area contributed by atoms with Gasteiger partial charge in [0.05, 0.1) is 39.0 Å². The highest BCUT2D eigenvalue weighted by Crippen LogP contribution is 2.23. The molecule has 0 saturated carbocycles. The number of ether oxygens (including phenoxy) is 1. The smallest absolute Gasteiger partial charge is 0.329 e. The minimum Gasteiger partial charge on any atom is -0.481 e. The van der Waals surface area contributed by atoms with Crippen molar-refractivity contribution in [3.8, 4) is 0 Å². The Balaban J connectivity index is 1.91. The van der Waals surface area contributed by atoms with Crippen molar-refractivity contribution in [2.75, 3.05) is 53.5 Å². The third-order valence-corrected chi connectivity index (χ3v) is 18.5. The maximum atomic E-state index is 15.1. The first kappa shape index (κ1) is 92.7. The number of carbonyl (C=O) groups is 16. The van der Waals surface area contributed by atoms with Crippen molar-refractivity contribution in [1.82, 2.24) is 68.0 Å². The Morgan fingerprint density at radius 1 is 0.514 bits per heavy atom. The summed E-state index contributed by atoms with van der Waals surface area (Å²) in [7, 11) is 2.47. The molecule has 4 rings (SSSR count). The van der Waals surface area contributed by atoms with E-state index in [-0.39, 0.29) is 83.3 Å². The van der Waals surface area contributed by atoms with Gasteiger partial charge in [-0.2, -0.15) is 0 Å². The number of cyclic esters (lactones) is 1. The molecule has 1 aliphatic heterocycles. The van der Waals surface area contributed by atoms with E-state index in [2.05, 4.69) is 58.2 Å². The van der Waals surface area contributed by atoms with Crippen molar-refractivity contribution in [2.24, 2.45) is 40.5 Å². The van der Waals surface area contributed by atoms with Crippen LogP contribution in [0.5, 0.6) is 0 Å². The van der Waals surface area contributed by atoms with E-state index in [9.17, 15) is 87.2 Å². The number of nitrogens with one attached hydrogen (secondary N) is 11. The molecule has 12 atom stereocenters. The van der Waals surface area contributed by atoms with E-state index in [1.54, 1.807) is 74.6 Å². The van der Waals surface area contributed by atoms with Crippen LogP contribution in [0.1, 0.15) is 135 Å². The van der Waals surface area contributed by atoms with Gasteiger partial charge in [-0.25, -0.2) is 4.79 Å². The van der Waals surface area contributed by atoms with E-state index in [4.69, 9.17) is 33.4 Å². The van der Waals surface area contributed by atoms with E-state index < -0.39 is 225 Å². The van der Waals surface area contributed by atoms with E-state index in [0.717, 1.165) is 9.80 Å². The highest BCUT2D eigenvalue weighted by atomic mass is 16.5. The van der Waals surface area contributed by atoms with E-state index in [0.29, 0.717) is 41.3 Å². The van der Waals surface area contributed by atoms with Crippen molar-refractivity contribution in [2.45, 2.75) is 209 Å². The second-order valence-corrected chi connectivity index (χ2v) is 28.1. The van der Waals surface area contributed by atoms with Crippen LogP contribution in [0.3, 0.4) is 0 Å². The topological polar surface area (TPSA) is 616 Å². The standard InChI is InChI=1S/C73H112N18O20/c1-40(2)17-14-20-44-33-59(96)81-55(39-93)70(107)88-53(35-58(78)95)69(106)89-54(38-92)63(100)80-37-60(97)90(5)56(31-42-18-8-7-9-19-42)71(108)84-47(23-12-13-28-74)64(101)82-48(24-15-29-75)65(102)83-49(26-27-61(98)99)66(103)87-52(34-57(77)94)68(105)86-51(32-43-36-79-46-22-11-10-21-45(43)46)67(104)85-50(25-16-30-76)72(109)91(6)62(41(3)4)73(110)111-44/h7-11,18-19,21-22,36,40-41,44,47-56,62,79,92-93H,12-17,20,23-35,37-39,74-76H2,1-6H3,(H2,77,94)(H2,78,95)(H,80,100)(H,81,96)(H,82,101)(H,83,102)(H,84,108)(H,85,104)(H,86,105)(H,87,103)(H,88,107)(H,89,106)(H,98,99)/t44-,47+,48-,49+,50-,51-,52-,53-,54+,55+,56-,62+/m1/s1. The van der Waals surface area contributed by atoms with Gasteiger partial charge in [-0.05, 0) is 113 Å². The first-order valence-corrected chi connectivity index (χ1v) is 37.1. The quantitative estimate of drug-likeness (QED) is 0.0239. The lowest BCUT2D eigenvalue weighted by Gasteiger charge is -2.34. The van der Waals surface area contributed by atoms with Crippen LogP contribution in [-0.4, -0.2) is 251 Å². The fourth-order valence-corrected chi connectivity index (χ4v) is 12.3. The maximum absolute atomic E-state index is 15.1. The number of likely N-dealkylation sites (N-methyl/N-ethyl adjacent to an activating group) is 2. The molecule has 24 N–H and O–H groups in total. The Morgan fingerprint density at radius 2 is 0.982 bits per heavy atom. The number of aromatic nitrogens is 1. The minimum atomic E-state index is -1.97. The number of aliphatic carboxylic acids is 1. The van der Waals surface area contributed by atoms with Gasteiger partial charge < -0.3 is 117 Å². The summed E-state index contributed by atoms with van der Waals surface area (Å²) in [4.78, 5) is 230. The predicted octanol–water partition coefficient (Wildman–Crippen LogP) is -4.91. The highest BCUT2D eigenvalue weighted by molar-refractivity contribution is 6.01. The number of para-hydroxylation sites is 1. The largest absolute Gasteiger partial charge is 0.481 e. The average Bonchev–Trinajstić information content (AvgIpc) is 1.54. The minimum absolute atomic E-state index is 0.0116. The molecule has 1 aliphatic rings. The maximum Gasteiger partial charge on any atom is 0.329 e. The van der Waals surface area contributed by atoms with Gasteiger partial charge in [-0.1, -0.05) is 82.6 Å². The first-order chi connectivity index (χ1) is 52.7. The Hall–Kier alpha value is -10.7. The molecule has 1 saturated heterocycles. The molecule has 3 aromatic rings. The summed E-state index contributed by atoms with van der Waals surface area (Å²) < 4.78 is 6.03. The van der Waals surface area contributed by atoms with Crippen LogP contribution in [0.25, 0.3) is 10.9 Å². The summed E-state index contributed by atoms with van der Waals surface area (Å²) in [5, 5.41) is 55.6. The second-order valence-electron chi connectivity index (χ2n) is 28.1. The molecule has 0 spiro atoms. The number of primary amides is 2. The van der Waals surface area contributed by atoms with Crippen LogP contribution in [0.15, 0.2) is 60.8 Å². The van der Waals surface area contributed by atoms with Crippen molar-refractivity contribution in [3.05, 3.63) is 71.9 Å². The summed E-state index contributed by atoms with van der Waals surface area (Å²) >= 11 is 0. The van der Waals surface area contributed by atoms with Gasteiger partial charge in [0.2, 0.25) is 82.7 Å². The lowest BCUT2D eigenvalue weighted by Crippen LogP contribution is -2.61. The molecule has 0 radical (unpaired) electrons. The zero-order valence-corrected chi connectivity index (χ0v) is 63.7. The number of amides is 14. The van der Waals surface area contributed by atoms with Gasteiger partial charge in [0.1, 0.15) is 72.6 Å². The number of carbonyl (C=O) groups excluding carboxylic acids is 15. The number of nitrogens with two attached hydrogens (primary N) is 5. The van der Waals surface area contributed by atoms with Gasteiger partial charge in [0, 0.05) is 50.5 Å². The normalized spacial score (nSPS) is 23.9. The van der Waals surface area contributed by atoms with Gasteiger partial charge >= 0.3 is 11.9 Å². The molecule has 38 heteroatoms. The van der Waals surface area contributed by atoms with Crippen molar-refractivity contribution in [1.29, 1.82) is 0 Å². The molecule has 2 aromatic carbocycles. The number of esters is 1. The Morgan fingerprint density at radius 3 is 1.52 bits per heavy atom. The monoisotopic (exact) mass is 1560 g/mol. The number of hydrogen-bond donors (Lipinski definition) is 19. The number of nitrogens with zero attached hydrogens (tertiary/aromatic N) is 2. The van der Waals surface area contributed by atoms with E-state index in [1.165, 1.54) is 14.1 Å². The average molecular weight is 1560 g/mol. The zero-order valence-electron chi connectivity index (χ0n) is 63.7. The van der Waals surface area contributed by atoms with Crippen LogP contribution in [0.4, 0.5) is 0 Å². The highest BCUT2D eigenvalue weighted by Gasteiger charge is 2.41. The summed E-state index contributed by atoms with van der Waals surface area (Å²) in [5.41, 5.74) is 30.4. The lowest BCUT2D eigenvalue weighted by atomic mass is 9.99. The van der Waals surface area contributed by atoms with Crippen molar-refractivity contribution < 1.29 is 96.8 Å². The number of rotatable bonds is 28. The molecule has 14 amide bonds.